The lowest BCUT2D eigenvalue weighted by atomic mass is 9.85. The molecule has 142 valence electrons. The molecule has 0 bridgehead atoms. The maximum Gasteiger partial charge on any atom is 0.0302 e. The first-order valence-corrected chi connectivity index (χ1v) is 9.51. The Bertz CT molecular complexity index is 536. The molecule has 0 amide bonds. The van der Waals surface area contributed by atoms with E-state index in [1.54, 1.807) is 0 Å². The van der Waals surface area contributed by atoms with Crippen LogP contribution in [0, 0.1) is 0 Å². The van der Waals surface area contributed by atoms with Crippen molar-refractivity contribution < 1.29 is 0 Å². The molecular weight excluding hydrogens is 322 g/mol. The van der Waals surface area contributed by atoms with Crippen molar-refractivity contribution in [2.45, 2.75) is 12.0 Å². The normalized spacial score (nSPS) is 12.4. The zero-order chi connectivity index (χ0) is 18.5. The minimum atomic E-state index is 0.262. The van der Waals surface area contributed by atoms with E-state index in [4.69, 9.17) is 11.5 Å². The van der Waals surface area contributed by atoms with Crippen LogP contribution in [0.1, 0.15) is 17.0 Å². The van der Waals surface area contributed by atoms with Gasteiger partial charge < -0.3 is 27.4 Å². The van der Waals surface area contributed by atoms with Gasteiger partial charge in [0.15, 0.2) is 0 Å². The zero-order valence-electron chi connectivity index (χ0n) is 15.5. The standard InChI is InChI=1S/C21H33N5/c22-11-13-24-15-16-25-17-20(26-14-12-23)21(18-7-3-1-4-8-18)19-9-5-2-6-10-19/h1-10,20-21,24-26H,11-17,22-23H2. The second kappa shape index (κ2) is 12.6. The van der Waals surface area contributed by atoms with Gasteiger partial charge in [0.1, 0.15) is 0 Å². The Labute approximate surface area is 157 Å². The van der Waals surface area contributed by atoms with Gasteiger partial charge in [-0.25, -0.2) is 0 Å². The maximum atomic E-state index is 5.76. The summed E-state index contributed by atoms with van der Waals surface area (Å²) in [5.41, 5.74) is 13.9. The maximum absolute atomic E-state index is 5.76. The van der Waals surface area contributed by atoms with E-state index in [9.17, 15) is 0 Å². The lowest BCUT2D eigenvalue weighted by molar-refractivity contribution is 0.439. The van der Waals surface area contributed by atoms with E-state index in [1.165, 1.54) is 11.1 Å². The molecule has 26 heavy (non-hydrogen) atoms. The van der Waals surface area contributed by atoms with Crippen LogP contribution in [0.3, 0.4) is 0 Å². The predicted octanol–water partition coefficient (Wildman–Crippen LogP) is 0.873. The van der Waals surface area contributed by atoms with Crippen LogP contribution in [0.2, 0.25) is 0 Å². The number of benzene rings is 2. The van der Waals surface area contributed by atoms with Gasteiger partial charge in [-0.3, -0.25) is 0 Å². The van der Waals surface area contributed by atoms with Gasteiger partial charge in [-0.2, -0.15) is 0 Å². The van der Waals surface area contributed by atoms with Crippen molar-refractivity contribution >= 4 is 0 Å². The van der Waals surface area contributed by atoms with Crippen molar-refractivity contribution in [2.75, 3.05) is 45.8 Å². The third-order valence-corrected chi connectivity index (χ3v) is 4.43. The van der Waals surface area contributed by atoms with Gasteiger partial charge in [0.25, 0.3) is 0 Å². The van der Waals surface area contributed by atoms with Gasteiger partial charge in [-0.15, -0.1) is 0 Å². The minimum Gasteiger partial charge on any atom is -0.329 e. The van der Waals surface area contributed by atoms with Gasteiger partial charge in [0.2, 0.25) is 0 Å². The molecule has 1 atom stereocenters. The monoisotopic (exact) mass is 355 g/mol. The first-order valence-electron chi connectivity index (χ1n) is 9.51. The highest BCUT2D eigenvalue weighted by Crippen LogP contribution is 2.27. The highest BCUT2D eigenvalue weighted by Gasteiger charge is 2.24. The van der Waals surface area contributed by atoms with E-state index >= 15 is 0 Å². The van der Waals surface area contributed by atoms with E-state index in [2.05, 4.69) is 76.6 Å². The minimum absolute atomic E-state index is 0.262. The molecule has 0 aliphatic heterocycles. The van der Waals surface area contributed by atoms with Gasteiger partial charge in [-0.1, -0.05) is 60.7 Å². The summed E-state index contributed by atoms with van der Waals surface area (Å²) in [6.45, 7) is 5.66. The number of nitrogens with two attached hydrogens (primary N) is 2. The fraction of sp³-hybridized carbons (Fsp3) is 0.429. The number of hydrogen-bond acceptors (Lipinski definition) is 5. The third-order valence-electron chi connectivity index (χ3n) is 4.43. The molecule has 0 heterocycles. The van der Waals surface area contributed by atoms with Crippen LogP contribution in [-0.4, -0.2) is 51.9 Å². The topological polar surface area (TPSA) is 88.1 Å². The Balaban J connectivity index is 2.10. The highest BCUT2D eigenvalue weighted by atomic mass is 15.0. The van der Waals surface area contributed by atoms with Crippen LogP contribution < -0.4 is 27.4 Å². The summed E-state index contributed by atoms with van der Waals surface area (Å²) < 4.78 is 0. The van der Waals surface area contributed by atoms with E-state index < -0.39 is 0 Å². The molecule has 2 aromatic carbocycles. The fourth-order valence-corrected chi connectivity index (χ4v) is 3.22. The first kappa shape index (κ1) is 20.6. The predicted molar refractivity (Wildman–Crippen MR) is 110 cm³/mol. The van der Waals surface area contributed by atoms with E-state index in [0.29, 0.717) is 13.1 Å². The molecule has 2 aromatic rings. The van der Waals surface area contributed by atoms with Gasteiger partial charge in [-0.05, 0) is 11.1 Å². The van der Waals surface area contributed by atoms with Gasteiger partial charge >= 0.3 is 0 Å². The van der Waals surface area contributed by atoms with Crippen LogP contribution in [0.5, 0.6) is 0 Å². The molecule has 0 saturated carbocycles. The molecule has 1 unspecified atom stereocenters. The number of rotatable bonds is 13. The Morgan fingerprint density at radius 3 is 1.73 bits per heavy atom. The van der Waals surface area contributed by atoms with Crippen LogP contribution in [0.25, 0.3) is 0 Å². The van der Waals surface area contributed by atoms with Crippen LogP contribution in [-0.2, 0) is 0 Å². The molecule has 5 heteroatoms. The lowest BCUT2D eigenvalue weighted by Crippen LogP contribution is -2.46. The van der Waals surface area contributed by atoms with Gasteiger partial charge in [0.05, 0.1) is 0 Å². The van der Waals surface area contributed by atoms with Crippen molar-refractivity contribution in [3.05, 3.63) is 71.8 Å². The van der Waals surface area contributed by atoms with Crippen molar-refractivity contribution in [1.29, 1.82) is 0 Å². The second-order valence-electron chi connectivity index (χ2n) is 6.39. The molecule has 0 aliphatic rings. The Hall–Kier alpha value is -1.76. The molecule has 0 fully saturated rings. The fourth-order valence-electron chi connectivity index (χ4n) is 3.22. The molecular formula is C21H33N5. The Morgan fingerprint density at radius 1 is 0.654 bits per heavy atom. The summed E-state index contributed by atoms with van der Waals surface area (Å²) in [7, 11) is 0. The molecule has 0 radical (unpaired) electrons. The average molecular weight is 356 g/mol. The van der Waals surface area contributed by atoms with E-state index in [1.807, 2.05) is 0 Å². The molecule has 7 N–H and O–H groups in total. The highest BCUT2D eigenvalue weighted by molar-refractivity contribution is 5.34. The van der Waals surface area contributed by atoms with Crippen LogP contribution in [0.15, 0.2) is 60.7 Å². The first-order chi connectivity index (χ1) is 12.9. The summed E-state index contributed by atoms with van der Waals surface area (Å²) in [6, 6.07) is 21.6. The Kier molecular flexibility index (Phi) is 9.94. The van der Waals surface area contributed by atoms with Crippen LogP contribution in [0.4, 0.5) is 0 Å². The van der Waals surface area contributed by atoms with E-state index in [0.717, 1.165) is 32.7 Å². The number of nitrogens with one attached hydrogen (secondary N) is 3. The Morgan fingerprint density at radius 2 is 1.19 bits per heavy atom. The average Bonchev–Trinajstić information content (AvgIpc) is 2.70. The summed E-state index contributed by atoms with van der Waals surface area (Å²) >= 11 is 0. The van der Waals surface area contributed by atoms with Crippen molar-refractivity contribution in [3.8, 4) is 0 Å². The van der Waals surface area contributed by atoms with Crippen LogP contribution >= 0.6 is 0 Å². The molecule has 5 nitrogen and oxygen atoms in total. The van der Waals surface area contributed by atoms with E-state index in [-0.39, 0.29) is 12.0 Å². The summed E-state index contributed by atoms with van der Waals surface area (Å²) in [5.74, 6) is 0.272. The molecule has 0 aliphatic carbocycles. The summed E-state index contributed by atoms with van der Waals surface area (Å²) in [5, 5.41) is 10.5. The quantitative estimate of drug-likeness (QED) is 0.344. The lowest BCUT2D eigenvalue weighted by Gasteiger charge is -2.29. The summed E-state index contributed by atoms with van der Waals surface area (Å²) in [4.78, 5) is 0. The third kappa shape index (κ3) is 6.86. The second-order valence-corrected chi connectivity index (χ2v) is 6.39. The molecule has 2 rings (SSSR count). The molecule has 0 aromatic heterocycles. The van der Waals surface area contributed by atoms with Crippen molar-refractivity contribution in [2.24, 2.45) is 11.5 Å². The zero-order valence-corrected chi connectivity index (χ0v) is 15.5. The van der Waals surface area contributed by atoms with Gasteiger partial charge in [0, 0.05) is 57.8 Å². The largest absolute Gasteiger partial charge is 0.329 e. The molecule has 0 saturated heterocycles. The smallest absolute Gasteiger partial charge is 0.0302 e. The van der Waals surface area contributed by atoms with Crippen molar-refractivity contribution in [3.63, 3.8) is 0 Å². The molecule has 0 spiro atoms. The van der Waals surface area contributed by atoms with Crippen molar-refractivity contribution in [1.82, 2.24) is 16.0 Å². The SMILES string of the molecule is NCCNCCNCC(NCCN)C(c1ccccc1)c1ccccc1. The number of hydrogen-bond donors (Lipinski definition) is 5. The summed E-state index contributed by atoms with van der Waals surface area (Å²) in [6.07, 6.45) is 0.